The smallest absolute Gasteiger partial charge is 0.225 e. The standard InChI is InChI=1S/C21H39N5O.HI/c1-22-21(23-12-8-17-9-13-25(2)14-10-17)24-19-11-15-26(16-19)20(27)18-6-4-3-5-7-18;/h17-19H,3-16H2,1-2H3,(H2,22,23,24);1H. The van der Waals surface area contributed by atoms with Crippen LogP contribution in [0.15, 0.2) is 4.99 Å². The quantitative estimate of drug-likeness (QED) is 0.343. The maximum Gasteiger partial charge on any atom is 0.225 e. The maximum atomic E-state index is 12.7. The number of nitrogens with one attached hydrogen (secondary N) is 2. The van der Waals surface area contributed by atoms with Crippen LogP contribution >= 0.6 is 24.0 Å². The Labute approximate surface area is 188 Å². The van der Waals surface area contributed by atoms with Crippen LogP contribution < -0.4 is 10.6 Å². The summed E-state index contributed by atoms with van der Waals surface area (Å²) >= 11 is 0. The minimum atomic E-state index is 0. The minimum Gasteiger partial charge on any atom is -0.356 e. The highest BCUT2D eigenvalue weighted by molar-refractivity contribution is 14.0. The zero-order valence-corrected chi connectivity index (χ0v) is 20.1. The molecular weight excluding hydrogens is 465 g/mol. The van der Waals surface area contributed by atoms with Gasteiger partial charge in [-0.3, -0.25) is 9.79 Å². The molecule has 2 heterocycles. The Morgan fingerprint density at radius 3 is 2.43 bits per heavy atom. The molecule has 162 valence electrons. The summed E-state index contributed by atoms with van der Waals surface area (Å²) in [6, 6.07) is 0.326. The minimum absolute atomic E-state index is 0. The number of amides is 1. The van der Waals surface area contributed by atoms with Crippen LogP contribution in [0.2, 0.25) is 0 Å². The molecule has 1 unspecified atom stereocenters. The molecule has 1 atom stereocenters. The van der Waals surface area contributed by atoms with Gasteiger partial charge in [-0.1, -0.05) is 19.3 Å². The Kier molecular flexibility index (Phi) is 10.3. The number of carbonyl (C=O) groups excluding carboxylic acids is 1. The molecule has 0 spiro atoms. The molecule has 6 nitrogen and oxygen atoms in total. The van der Waals surface area contributed by atoms with Gasteiger partial charge in [-0.25, -0.2) is 0 Å². The second-order valence-electron chi connectivity index (χ2n) is 8.78. The van der Waals surface area contributed by atoms with Crippen molar-refractivity contribution in [1.82, 2.24) is 20.4 Å². The van der Waals surface area contributed by atoms with E-state index in [4.69, 9.17) is 0 Å². The number of nitrogens with zero attached hydrogens (tertiary/aromatic N) is 3. The van der Waals surface area contributed by atoms with Crippen LogP contribution in [0.1, 0.15) is 57.8 Å². The number of guanidine groups is 1. The number of halogens is 1. The molecule has 0 aromatic rings. The van der Waals surface area contributed by atoms with Gasteiger partial charge in [0, 0.05) is 38.6 Å². The van der Waals surface area contributed by atoms with Crippen molar-refractivity contribution in [2.24, 2.45) is 16.8 Å². The number of hydrogen-bond donors (Lipinski definition) is 2. The number of hydrogen-bond acceptors (Lipinski definition) is 3. The normalized spacial score (nSPS) is 25.4. The third kappa shape index (κ3) is 7.04. The largest absolute Gasteiger partial charge is 0.356 e. The number of piperidine rings is 1. The summed E-state index contributed by atoms with van der Waals surface area (Å²) in [4.78, 5) is 21.6. The number of aliphatic imine (C=N–C) groups is 1. The van der Waals surface area contributed by atoms with E-state index < -0.39 is 0 Å². The molecule has 0 bridgehead atoms. The molecule has 28 heavy (non-hydrogen) atoms. The predicted octanol–water partition coefficient (Wildman–Crippen LogP) is 2.68. The molecule has 7 heteroatoms. The SMILES string of the molecule is CN=C(NCCC1CCN(C)CC1)NC1CCN(C(=O)C2CCCCC2)C1.I. The Morgan fingerprint density at radius 2 is 1.75 bits per heavy atom. The van der Waals surface area contributed by atoms with Gasteiger partial charge in [0.2, 0.25) is 5.91 Å². The van der Waals surface area contributed by atoms with E-state index in [1.54, 1.807) is 0 Å². The zero-order chi connectivity index (χ0) is 19.1. The highest BCUT2D eigenvalue weighted by atomic mass is 127. The van der Waals surface area contributed by atoms with Crippen molar-refractivity contribution >= 4 is 35.8 Å². The Bertz CT molecular complexity index is 501. The molecule has 1 saturated carbocycles. The monoisotopic (exact) mass is 505 g/mol. The molecule has 2 N–H and O–H groups in total. The molecule has 3 aliphatic rings. The van der Waals surface area contributed by atoms with Crippen molar-refractivity contribution in [2.75, 3.05) is 46.8 Å². The lowest BCUT2D eigenvalue weighted by Gasteiger charge is -2.29. The van der Waals surface area contributed by atoms with Crippen LogP contribution in [0.3, 0.4) is 0 Å². The lowest BCUT2D eigenvalue weighted by molar-refractivity contribution is -0.135. The van der Waals surface area contributed by atoms with Crippen molar-refractivity contribution in [3.8, 4) is 0 Å². The summed E-state index contributed by atoms with van der Waals surface area (Å²) in [5.41, 5.74) is 0. The fourth-order valence-electron chi connectivity index (χ4n) is 4.82. The van der Waals surface area contributed by atoms with E-state index in [0.717, 1.165) is 50.8 Å². The van der Waals surface area contributed by atoms with Gasteiger partial charge in [0.25, 0.3) is 0 Å². The van der Waals surface area contributed by atoms with E-state index in [1.165, 1.54) is 51.6 Å². The van der Waals surface area contributed by atoms with Crippen molar-refractivity contribution < 1.29 is 4.79 Å². The van der Waals surface area contributed by atoms with Crippen molar-refractivity contribution in [3.05, 3.63) is 0 Å². The van der Waals surface area contributed by atoms with Gasteiger partial charge in [0.15, 0.2) is 5.96 Å². The molecule has 0 aromatic heterocycles. The first-order valence-electron chi connectivity index (χ1n) is 11.1. The van der Waals surface area contributed by atoms with Gasteiger partial charge in [-0.15, -0.1) is 24.0 Å². The number of likely N-dealkylation sites (tertiary alicyclic amines) is 2. The van der Waals surface area contributed by atoms with Crippen LogP contribution in [-0.2, 0) is 4.79 Å². The molecule has 3 rings (SSSR count). The van der Waals surface area contributed by atoms with Crippen molar-refractivity contribution in [3.63, 3.8) is 0 Å². The molecule has 2 saturated heterocycles. The lowest BCUT2D eigenvalue weighted by Crippen LogP contribution is -2.46. The Morgan fingerprint density at radius 1 is 1.04 bits per heavy atom. The van der Waals surface area contributed by atoms with Gasteiger partial charge >= 0.3 is 0 Å². The third-order valence-corrected chi connectivity index (χ3v) is 6.70. The molecule has 1 aliphatic carbocycles. The number of carbonyl (C=O) groups is 1. The predicted molar refractivity (Wildman–Crippen MR) is 126 cm³/mol. The van der Waals surface area contributed by atoms with E-state index in [-0.39, 0.29) is 29.9 Å². The molecule has 0 aromatic carbocycles. The fourth-order valence-corrected chi connectivity index (χ4v) is 4.82. The van der Waals surface area contributed by atoms with Crippen LogP contribution in [0.25, 0.3) is 0 Å². The Balaban J connectivity index is 0.00000280. The van der Waals surface area contributed by atoms with Gasteiger partial charge in [-0.05, 0) is 64.6 Å². The van der Waals surface area contributed by atoms with Crippen LogP contribution in [0.4, 0.5) is 0 Å². The average Bonchev–Trinajstić information content (AvgIpc) is 3.17. The highest BCUT2D eigenvalue weighted by Gasteiger charge is 2.31. The maximum absolute atomic E-state index is 12.7. The van der Waals surface area contributed by atoms with Crippen molar-refractivity contribution in [1.29, 1.82) is 0 Å². The molecular formula is C21H40IN5O. The van der Waals surface area contributed by atoms with Crippen LogP contribution in [0, 0.1) is 11.8 Å². The lowest BCUT2D eigenvalue weighted by atomic mass is 9.88. The second kappa shape index (κ2) is 12.2. The summed E-state index contributed by atoms with van der Waals surface area (Å²) in [6.07, 6.45) is 10.8. The van der Waals surface area contributed by atoms with Gasteiger partial charge < -0.3 is 20.4 Å². The van der Waals surface area contributed by atoms with Crippen LogP contribution in [-0.4, -0.2) is 74.5 Å². The number of rotatable bonds is 5. The van der Waals surface area contributed by atoms with E-state index in [2.05, 4.69) is 32.5 Å². The topological polar surface area (TPSA) is 60.0 Å². The van der Waals surface area contributed by atoms with E-state index in [9.17, 15) is 4.79 Å². The highest BCUT2D eigenvalue weighted by Crippen LogP contribution is 2.26. The summed E-state index contributed by atoms with van der Waals surface area (Å²) in [5, 5.41) is 7.02. The molecule has 3 fully saturated rings. The second-order valence-corrected chi connectivity index (χ2v) is 8.78. The zero-order valence-electron chi connectivity index (χ0n) is 17.8. The summed E-state index contributed by atoms with van der Waals surface area (Å²) in [6.45, 7) is 5.14. The van der Waals surface area contributed by atoms with E-state index in [1.807, 2.05) is 7.05 Å². The molecule has 0 radical (unpaired) electrons. The van der Waals surface area contributed by atoms with E-state index >= 15 is 0 Å². The van der Waals surface area contributed by atoms with E-state index in [0.29, 0.717) is 11.9 Å². The summed E-state index contributed by atoms with van der Waals surface area (Å²) < 4.78 is 0. The third-order valence-electron chi connectivity index (χ3n) is 6.70. The van der Waals surface area contributed by atoms with Gasteiger partial charge in [-0.2, -0.15) is 0 Å². The first-order valence-corrected chi connectivity index (χ1v) is 11.1. The first kappa shape index (κ1) is 23.7. The first-order chi connectivity index (χ1) is 13.2. The average molecular weight is 505 g/mol. The molecule has 1 amide bonds. The summed E-state index contributed by atoms with van der Waals surface area (Å²) in [7, 11) is 4.05. The Hall–Kier alpha value is -0.570. The van der Waals surface area contributed by atoms with Gasteiger partial charge in [0.1, 0.15) is 0 Å². The molecule has 2 aliphatic heterocycles. The summed E-state index contributed by atoms with van der Waals surface area (Å²) in [5.74, 6) is 2.40. The fraction of sp³-hybridized carbons (Fsp3) is 0.905. The van der Waals surface area contributed by atoms with Crippen LogP contribution in [0.5, 0.6) is 0 Å². The van der Waals surface area contributed by atoms with Crippen molar-refractivity contribution in [2.45, 2.75) is 63.8 Å². The van der Waals surface area contributed by atoms with Gasteiger partial charge in [0.05, 0.1) is 0 Å².